The third-order valence-electron chi connectivity index (χ3n) is 3.88. The van der Waals surface area contributed by atoms with Crippen molar-refractivity contribution in [3.05, 3.63) is 39.4 Å². The van der Waals surface area contributed by atoms with Gasteiger partial charge in [0.1, 0.15) is 18.2 Å². The molecule has 3 aromatic rings. The van der Waals surface area contributed by atoms with E-state index in [-0.39, 0.29) is 0 Å². The van der Waals surface area contributed by atoms with E-state index in [0.717, 1.165) is 38.2 Å². The first-order valence-electron chi connectivity index (χ1n) is 7.70. The number of nitrogens with zero attached hydrogens (tertiary/aromatic N) is 1. The van der Waals surface area contributed by atoms with Crippen LogP contribution in [-0.2, 0) is 4.74 Å². The third kappa shape index (κ3) is 3.15. The molecule has 0 radical (unpaired) electrons. The maximum atomic E-state index is 5.66. The summed E-state index contributed by atoms with van der Waals surface area (Å²) in [7, 11) is 1.60. The fraction of sp³-hybridized carbons (Fsp3) is 0.222. The minimum Gasteiger partial charge on any atom is -0.486 e. The van der Waals surface area contributed by atoms with Crippen LogP contribution in [0.2, 0.25) is 0 Å². The zero-order valence-corrected chi connectivity index (χ0v) is 16.1. The highest BCUT2D eigenvalue weighted by Gasteiger charge is 2.17. The van der Waals surface area contributed by atoms with Crippen molar-refractivity contribution >= 4 is 39.9 Å². The average molecular weight is 390 g/mol. The summed E-state index contributed by atoms with van der Waals surface area (Å²) in [6.45, 7) is 3.25. The van der Waals surface area contributed by atoms with Crippen LogP contribution < -0.4 is 9.47 Å². The molecule has 0 fully saturated rings. The van der Waals surface area contributed by atoms with E-state index >= 15 is 0 Å². The molecule has 4 rings (SSSR count). The molecule has 1 aliphatic rings. The van der Waals surface area contributed by atoms with Gasteiger partial charge in [0.2, 0.25) is 5.05 Å². The van der Waals surface area contributed by atoms with Gasteiger partial charge in [0.05, 0.1) is 17.7 Å². The Kier molecular flexibility index (Phi) is 4.45. The van der Waals surface area contributed by atoms with Crippen LogP contribution in [0.5, 0.6) is 11.5 Å². The number of fused-ring (bicyclic) bond motifs is 1. The van der Waals surface area contributed by atoms with Crippen molar-refractivity contribution in [3.63, 3.8) is 0 Å². The van der Waals surface area contributed by atoms with Gasteiger partial charge in [-0.2, -0.15) is 0 Å². The maximum absolute atomic E-state index is 5.66. The van der Waals surface area contributed by atoms with Crippen LogP contribution in [0.4, 0.5) is 0 Å². The summed E-state index contributed by atoms with van der Waals surface area (Å²) in [6, 6.07) is 7.99. The molecule has 128 valence electrons. The van der Waals surface area contributed by atoms with Crippen molar-refractivity contribution in [2.45, 2.75) is 6.92 Å². The standard InChI is InChI=1S/C18H15NO3S3/c1-10-12(8-16(25-10)18(23)20-2)17-19-13(9-24-17)11-3-4-14-15(7-11)22-6-5-21-14/h3-4,7-9H,5-6H2,1-2H3. The number of hydrogen-bond donors (Lipinski definition) is 0. The monoisotopic (exact) mass is 389 g/mol. The van der Waals surface area contributed by atoms with Gasteiger partial charge >= 0.3 is 0 Å². The number of hydrogen-bond acceptors (Lipinski definition) is 7. The first kappa shape index (κ1) is 16.5. The van der Waals surface area contributed by atoms with E-state index in [2.05, 4.69) is 18.4 Å². The second-order valence-electron chi connectivity index (χ2n) is 5.47. The zero-order valence-electron chi connectivity index (χ0n) is 13.7. The maximum Gasteiger partial charge on any atom is 0.201 e. The number of methoxy groups -OCH3 is 1. The molecule has 2 aromatic heterocycles. The van der Waals surface area contributed by atoms with Crippen LogP contribution in [-0.4, -0.2) is 30.4 Å². The van der Waals surface area contributed by atoms with Crippen LogP contribution in [0.15, 0.2) is 29.6 Å². The molecule has 0 saturated carbocycles. The number of ether oxygens (including phenoxy) is 3. The fourth-order valence-corrected chi connectivity index (χ4v) is 4.72. The summed E-state index contributed by atoms with van der Waals surface area (Å²) < 4.78 is 16.4. The van der Waals surface area contributed by atoms with Crippen LogP contribution in [0.25, 0.3) is 21.8 Å². The molecule has 0 atom stereocenters. The van der Waals surface area contributed by atoms with Crippen LogP contribution in [0.1, 0.15) is 9.75 Å². The molecule has 1 aliphatic heterocycles. The van der Waals surface area contributed by atoms with Crippen molar-refractivity contribution in [2.75, 3.05) is 20.3 Å². The largest absolute Gasteiger partial charge is 0.486 e. The van der Waals surface area contributed by atoms with Crippen LogP contribution in [0, 0.1) is 6.92 Å². The predicted octanol–water partition coefficient (Wildman–Crippen LogP) is 4.94. The van der Waals surface area contributed by atoms with Gasteiger partial charge in [-0.15, -0.1) is 22.7 Å². The zero-order chi connectivity index (χ0) is 17.4. The Hall–Kier alpha value is -1.96. The van der Waals surface area contributed by atoms with Crippen molar-refractivity contribution < 1.29 is 14.2 Å². The van der Waals surface area contributed by atoms with Crippen LogP contribution in [0.3, 0.4) is 0 Å². The number of benzene rings is 1. The summed E-state index contributed by atoms with van der Waals surface area (Å²) in [5, 5.41) is 3.55. The minimum absolute atomic E-state index is 0.517. The molecular formula is C18H15NO3S3. The van der Waals surface area contributed by atoms with Gasteiger partial charge in [-0.05, 0) is 43.4 Å². The number of aryl methyl sites for hydroxylation is 1. The molecule has 0 N–H and O–H groups in total. The number of aromatic nitrogens is 1. The topological polar surface area (TPSA) is 40.6 Å². The molecule has 0 spiro atoms. The first-order chi connectivity index (χ1) is 12.2. The Morgan fingerprint density at radius 3 is 2.80 bits per heavy atom. The summed E-state index contributed by atoms with van der Waals surface area (Å²) >= 11 is 8.48. The van der Waals surface area contributed by atoms with Gasteiger partial charge < -0.3 is 14.2 Å². The SMILES string of the molecule is COC(=S)c1cc(-c2nc(-c3ccc4c(c3)OCCO4)cs2)c(C)s1. The van der Waals surface area contributed by atoms with Crippen molar-refractivity contribution in [1.29, 1.82) is 0 Å². The summed E-state index contributed by atoms with van der Waals surface area (Å²) in [6.07, 6.45) is 0. The van der Waals surface area contributed by atoms with Crippen LogP contribution >= 0.6 is 34.9 Å². The fourth-order valence-electron chi connectivity index (χ4n) is 2.63. The number of thiocarbonyl (C=S) groups is 1. The molecular weight excluding hydrogens is 374 g/mol. The third-order valence-corrected chi connectivity index (χ3v) is 6.32. The van der Waals surface area contributed by atoms with E-state index in [1.807, 2.05) is 18.2 Å². The molecule has 1 aromatic carbocycles. The Morgan fingerprint density at radius 2 is 2.00 bits per heavy atom. The summed E-state index contributed by atoms with van der Waals surface area (Å²) in [4.78, 5) is 6.94. The highest BCUT2D eigenvalue weighted by Crippen LogP contribution is 2.38. The van der Waals surface area contributed by atoms with E-state index in [1.165, 1.54) is 4.88 Å². The molecule has 25 heavy (non-hydrogen) atoms. The van der Waals surface area contributed by atoms with E-state index in [1.54, 1.807) is 29.8 Å². The Bertz CT molecular complexity index is 945. The summed E-state index contributed by atoms with van der Waals surface area (Å²) in [5.41, 5.74) is 3.05. The predicted molar refractivity (Wildman–Crippen MR) is 105 cm³/mol. The Labute approximate surface area is 159 Å². The van der Waals surface area contributed by atoms with E-state index in [4.69, 9.17) is 31.4 Å². The molecule has 4 nitrogen and oxygen atoms in total. The second-order valence-corrected chi connectivity index (χ2v) is 7.95. The van der Waals surface area contributed by atoms with Gasteiger partial charge in [-0.3, -0.25) is 0 Å². The smallest absolute Gasteiger partial charge is 0.201 e. The normalized spacial score (nSPS) is 12.9. The van der Waals surface area contributed by atoms with Crippen molar-refractivity contribution in [2.24, 2.45) is 0 Å². The highest BCUT2D eigenvalue weighted by atomic mass is 32.1. The minimum atomic E-state index is 0.517. The van der Waals surface area contributed by atoms with Gasteiger partial charge in [-0.25, -0.2) is 4.98 Å². The van der Waals surface area contributed by atoms with Gasteiger partial charge in [0.25, 0.3) is 0 Å². The lowest BCUT2D eigenvalue weighted by molar-refractivity contribution is 0.171. The highest BCUT2D eigenvalue weighted by molar-refractivity contribution is 7.80. The molecule has 0 amide bonds. The molecule has 3 heterocycles. The Balaban J connectivity index is 1.67. The van der Waals surface area contributed by atoms with E-state index in [9.17, 15) is 0 Å². The molecule has 0 aliphatic carbocycles. The number of thiazole rings is 1. The number of rotatable bonds is 3. The lowest BCUT2D eigenvalue weighted by Crippen LogP contribution is -2.15. The second kappa shape index (κ2) is 6.74. The van der Waals surface area contributed by atoms with Gasteiger partial charge in [-0.1, -0.05) is 0 Å². The van der Waals surface area contributed by atoms with E-state index in [0.29, 0.717) is 18.3 Å². The molecule has 0 bridgehead atoms. The molecule has 0 unspecified atom stereocenters. The van der Waals surface area contributed by atoms with Gasteiger partial charge in [0.15, 0.2) is 11.5 Å². The average Bonchev–Trinajstić information content (AvgIpc) is 3.27. The quantitative estimate of drug-likeness (QED) is 0.594. The number of thiophene rings is 1. The van der Waals surface area contributed by atoms with E-state index < -0.39 is 0 Å². The molecule has 0 saturated heterocycles. The first-order valence-corrected chi connectivity index (χ1v) is 9.81. The lowest BCUT2D eigenvalue weighted by Gasteiger charge is -2.18. The van der Waals surface area contributed by atoms with Crippen molar-refractivity contribution in [1.82, 2.24) is 4.98 Å². The van der Waals surface area contributed by atoms with Gasteiger partial charge in [0, 0.05) is 21.4 Å². The molecule has 7 heteroatoms. The lowest BCUT2D eigenvalue weighted by atomic mass is 10.1. The summed E-state index contributed by atoms with van der Waals surface area (Å²) in [5.74, 6) is 1.56. The Morgan fingerprint density at radius 1 is 1.20 bits per heavy atom. The van der Waals surface area contributed by atoms with Crippen molar-refractivity contribution in [3.8, 4) is 33.3 Å².